The van der Waals surface area contributed by atoms with Gasteiger partial charge in [0.1, 0.15) is 36.5 Å². The number of hydrogen-bond donors (Lipinski definition) is 4. The van der Waals surface area contributed by atoms with Crippen molar-refractivity contribution in [2.24, 2.45) is 11.7 Å². The fourth-order valence-electron chi connectivity index (χ4n) is 9.36. The number of ether oxygens (including phenoxy) is 3. The minimum Gasteiger partial charge on any atom is -0.491 e. The van der Waals surface area contributed by atoms with Gasteiger partial charge in [0.15, 0.2) is 0 Å². The van der Waals surface area contributed by atoms with Gasteiger partial charge in [-0.2, -0.15) is 0 Å². The highest BCUT2D eigenvalue weighted by atomic mass is 16.6. The molecule has 0 aromatic heterocycles. The van der Waals surface area contributed by atoms with Gasteiger partial charge in [-0.1, -0.05) is 90.7 Å². The molecule has 0 saturated carbocycles. The number of esters is 1. The van der Waals surface area contributed by atoms with Gasteiger partial charge in [0.2, 0.25) is 11.8 Å². The van der Waals surface area contributed by atoms with E-state index in [4.69, 9.17) is 19.9 Å². The lowest BCUT2D eigenvalue weighted by molar-refractivity contribution is -0.384. The molecule has 3 aliphatic rings. The number of rotatable bonds is 13. The topological polar surface area (TPSA) is 233 Å². The lowest BCUT2D eigenvalue weighted by atomic mass is 9.65. The quantitative estimate of drug-likeness (QED) is 0.0388. The van der Waals surface area contributed by atoms with Gasteiger partial charge in [-0.15, -0.1) is 6.58 Å². The standard InChI is InChI=1S/C50H44N6O11/c1-2-25-52-45(58)40-42-46(59)67-43(34-13-7-4-8-14-34)41(33-11-5-3-6-12-33)55(42)44(35-18-22-37(23-19-35)65-28-27-57)50(40)38-29-31(10-9-26-53-48(51)61)17-24-39(38)54(47(50)60)49(62)66-30-32-15-20-36(21-16-32)56(63)64/h2-8,11-24,29,40-44,57H,1,25-28,30H2,(H,52,58)(H3,51,53,61). The maximum Gasteiger partial charge on any atom is 0.421 e. The Labute approximate surface area is 384 Å². The first kappa shape index (κ1) is 45.2. The normalized spacial score (nSPS) is 21.5. The average Bonchev–Trinajstić information content (AvgIpc) is 3.80. The van der Waals surface area contributed by atoms with E-state index in [-0.39, 0.29) is 43.2 Å². The number of aliphatic hydroxyl groups excluding tert-OH is 1. The summed E-state index contributed by atoms with van der Waals surface area (Å²) >= 11 is 0. The Morgan fingerprint density at radius 2 is 1.58 bits per heavy atom. The second kappa shape index (κ2) is 19.4. The van der Waals surface area contributed by atoms with Crippen LogP contribution in [-0.2, 0) is 35.9 Å². The van der Waals surface area contributed by atoms with Crippen LogP contribution in [0.3, 0.4) is 0 Å². The van der Waals surface area contributed by atoms with Crippen LogP contribution in [0.15, 0.2) is 140 Å². The van der Waals surface area contributed by atoms with E-state index in [1.54, 1.807) is 36.4 Å². The van der Waals surface area contributed by atoms with Gasteiger partial charge < -0.3 is 35.7 Å². The van der Waals surface area contributed by atoms with Gasteiger partial charge in [-0.05, 0) is 70.3 Å². The molecule has 5 aromatic carbocycles. The second-order valence-corrected chi connectivity index (χ2v) is 15.8. The van der Waals surface area contributed by atoms with Gasteiger partial charge in [0.25, 0.3) is 5.69 Å². The zero-order chi connectivity index (χ0) is 47.2. The molecule has 17 nitrogen and oxygen atoms in total. The molecular formula is C50H44N6O11. The van der Waals surface area contributed by atoms with Crippen molar-refractivity contribution in [1.29, 1.82) is 0 Å². The molecule has 6 unspecified atom stereocenters. The number of morpholine rings is 1. The molecule has 3 aliphatic heterocycles. The molecule has 5 N–H and O–H groups in total. The number of anilines is 1. The molecule has 8 rings (SSSR count). The zero-order valence-electron chi connectivity index (χ0n) is 35.8. The molecular weight excluding hydrogens is 861 g/mol. The molecule has 5 amide bonds. The number of non-ortho nitro benzene ring substituents is 1. The Morgan fingerprint density at radius 1 is 0.896 bits per heavy atom. The van der Waals surface area contributed by atoms with E-state index in [9.17, 15) is 24.8 Å². The smallest absolute Gasteiger partial charge is 0.421 e. The summed E-state index contributed by atoms with van der Waals surface area (Å²) in [6, 6.07) is 30.7. The number of amides is 5. The number of nitrogens with two attached hydrogens (primary N) is 1. The van der Waals surface area contributed by atoms with E-state index < -0.39 is 77.0 Å². The number of aliphatic hydroxyl groups is 1. The number of urea groups is 1. The largest absolute Gasteiger partial charge is 0.491 e. The van der Waals surface area contributed by atoms with E-state index >= 15 is 14.4 Å². The molecule has 0 aliphatic carbocycles. The molecule has 6 atom stereocenters. The number of hydrogen-bond acceptors (Lipinski definition) is 12. The highest BCUT2D eigenvalue weighted by molar-refractivity contribution is 6.23. The van der Waals surface area contributed by atoms with Crippen LogP contribution in [0.25, 0.3) is 0 Å². The summed E-state index contributed by atoms with van der Waals surface area (Å²) in [7, 11) is 0. The van der Waals surface area contributed by atoms with Gasteiger partial charge in [-0.25, -0.2) is 14.5 Å². The Balaban J connectivity index is 1.39. The summed E-state index contributed by atoms with van der Waals surface area (Å²) in [4.78, 5) is 86.2. The van der Waals surface area contributed by atoms with Gasteiger partial charge >= 0.3 is 18.1 Å². The number of carbonyl (C=O) groups is 5. The van der Waals surface area contributed by atoms with Crippen LogP contribution in [0.1, 0.15) is 51.6 Å². The fourth-order valence-corrected chi connectivity index (χ4v) is 9.36. The molecule has 5 aromatic rings. The number of imide groups is 1. The number of benzene rings is 5. The van der Waals surface area contributed by atoms with Crippen molar-refractivity contribution in [2.75, 3.05) is 31.2 Å². The molecule has 2 saturated heterocycles. The van der Waals surface area contributed by atoms with Crippen molar-refractivity contribution in [3.8, 4) is 17.6 Å². The first-order valence-corrected chi connectivity index (χ1v) is 21.2. The van der Waals surface area contributed by atoms with Crippen molar-refractivity contribution in [1.82, 2.24) is 15.5 Å². The number of carbonyl (C=O) groups excluding carboxylic acids is 5. The van der Waals surface area contributed by atoms with Crippen molar-refractivity contribution >= 4 is 41.3 Å². The van der Waals surface area contributed by atoms with E-state index in [1.807, 2.05) is 65.6 Å². The third-order valence-electron chi connectivity index (χ3n) is 12.0. The Kier molecular flexibility index (Phi) is 13.1. The van der Waals surface area contributed by atoms with Crippen LogP contribution in [0.4, 0.5) is 21.0 Å². The average molecular weight is 905 g/mol. The van der Waals surface area contributed by atoms with Crippen LogP contribution in [-0.4, -0.2) is 77.2 Å². The van der Waals surface area contributed by atoms with E-state index in [0.29, 0.717) is 33.6 Å². The number of fused-ring (bicyclic) bond motifs is 3. The molecule has 17 heteroatoms. The maximum atomic E-state index is 16.3. The molecule has 3 heterocycles. The molecule has 2 fully saturated rings. The number of nitrogens with zero attached hydrogens (tertiary/aromatic N) is 3. The Hall–Kier alpha value is -8.33. The Morgan fingerprint density at radius 3 is 2.22 bits per heavy atom. The van der Waals surface area contributed by atoms with Crippen LogP contribution in [0.2, 0.25) is 0 Å². The molecule has 0 radical (unpaired) electrons. The first-order valence-electron chi connectivity index (χ1n) is 21.2. The van der Waals surface area contributed by atoms with Crippen LogP contribution in [0, 0.1) is 27.9 Å². The predicted octanol–water partition coefficient (Wildman–Crippen LogP) is 5.29. The highest BCUT2D eigenvalue weighted by Gasteiger charge is 2.75. The van der Waals surface area contributed by atoms with Crippen LogP contribution < -0.4 is 26.0 Å². The number of nitrogens with one attached hydrogen (secondary N) is 2. The van der Waals surface area contributed by atoms with Gasteiger partial charge in [0.05, 0.1) is 41.8 Å². The summed E-state index contributed by atoms with van der Waals surface area (Å²) in [5, 5.41) is 26.1. The predicted molar refractivity (Wildman–Crippen MR) is 242 cm³/mol. The van der Waals surface area contributed by atoms with Crippen molar-refractivity contribution in [3.05, 3.63) is 184 Å². The third-order valence-corrected chi connectivity index (χ3v) is 12.0. The minimum atomic E-state index is -2.13. The SMILES string of the molecule is C=CCNC(=O)C1C2C(=O)OC(c3ccccc3)C(c3ccccc3)N2C(c2ccc(OCCO)cc2)C12C(=O)N(C(=O)OCc1ccc([N+](=O)[O-])cc1)c1ccc(C#CCNC(N)=O)cc12. The zero-order valence-corrected chi connectivity index (χ0v) is 35.8. The van der Waals surface area contributed by atoms with Crippen molar-refractivity contribution in [2.45, 2.75) is 36.3 Å². The van der Waals surface area contributed by atoms with Gasteiger partial charge in [0, 0.05) is 24.2 Å². The Bertz CT molecular complexity index is 2780. The summed E-state index contributed by atoms with van der Waals surface area (Å²) < 4.78 is 18.0. The number of nitro groups is 1. The molecule has 340 valence electrons. The van der Waals surface area contributed by atoms with Crippen molar-refractivity contribution in [3.63, 3.8) is 0 Å². The maximum absolute atomic E-state index is 16.3. The van der Waals surface area contributed by atoms with Crippen LogP contribution in [0.5, 0.6) is 5.75 Å². The lowest BCUT2D eigenvalue weighted by Gasteiger charge is -2.46. The number of nitro benzene ring substituents is 1. The summed E-state index contributed by atoms with van der Waals surface area (Å²) in [5.74, 6) is 2.19. The lowest BCUT2D eigenvalue weighted by Crippen LogP contribution is -2.55. The van der Waals surface area contributed by atoms with Crippen molar-refractivity contribution < 1.29 is 48.2 Å². The summed E-state index contributed by atoms with van der Waals surface area (Å²) in [6.07, 6.45) is -0.642. The van der Waals surface area contributed by atoms with E-state index in [1.165, 1.54) is 36.4 Å². The monoisotopic (exact) mass is 904 g/mol. The number of cyclic esters (lactones) is 1. The molecule has 67 heavy (non-hydrogen) atoms. The van der Waals surface area contributed by atoms with Crippen LogP contribution >= 0.6 is 0 Å². The minimum absolute atomic E-state index is 0.00524. The third kappa shape index (κ3) is 8.54. The number of primary amides is 1. The first-order chi connectivity index (χ1) is 32.5. The van der Waals surface area contributed by atoms with E-state index in [0.717, 1.165) is 4.90 Å². The van der Waals surface area contributed by atoms with Gasteiger partial charge in [-0.3, -0.25) is 29.4 Å². The highest BCUT2D eigenvalue weighted by Crippen LogP contribution is 2.66. The second-order valence-electron chi connectivity index (χ2n) is 15.8. The summed E-state index contributed by atoms with van der Waals surface area (Å²) in [5.41, 5.74) is 5.66. The van der Waals surface area contributed by atoms with E-state index in [2.05, 4.69) is 29.1 Å². The molecule has 0 bridgehead atoms. The molecule has 1 spiro atoms. The fraction of sp³-hybridized carbons (Fsp3) is 0.220. The summed E-state index contributed by atoms with van der Waals surface area (Å²) in [6.45, 7) is 2.94.